The highest BCUT2D eigenvalue weighted by atomic mass is 32.2. The average Bonchev–Trinajstić information content (AvgIpc) is 3.41. The van der Waals surface area contributed by atoms with Gasteiger partial charge in [0.25, 0.3) is 0 Å². The Labute approximate surface area is 166 Å². The molecule has 0 bridgehead atoms. The Morgan fingerprint density at radius 1 is 1.14 bits per heavy atom. The van der Waals surface area contributed by atoms with Gasteiger partial charge in [0.15, 0.2) is 5.96 Å². The molecular formula is C20H28N4O3S. The molecule has 2 aromatic rings. The molecule has 0 radical (unpaired) electrons. The molecule has 28 heavy (non-hydrogen) atoms. The Hall–Kier alpha value is -2.32. The van der Waals surface area contributed by atoms with Gasteiger partial charge in [-0.25, -0.2) is 13.4 Å². The van der Waals surface area contributed by atoms with Crippen molar-refractivity contribution in [2.24, 2.45) is 4.99 Å². The number of hydrogen-bond acceptors (Lipinski definition) is 4. The first-order chi connectivity index (χ1) is 13.6. The summed E-state index contributed by atoms with van der Waals surface area (Å²) in [5.74, 6) is 1.65. The lowest BCUT2D eigenvalue weighted by Gasteiger charge is -2.15. The van der Waals surface area contributed by atoms with E-state index in [1.807, 2.05) is 31.2 Å². The Kier molecular flexibility index (Phi) is 7.11. The zero-order chi connectivity index (χ0) is 19.8. The second-order valence-corrected chi connectivity index (χ2v) is 8.64. The van der Waals surface area contributed by atoms with Crippen molar-refractivity contribution < 1.29 is 12.8 Å². The summed E-state index contributed by atoms with van der Waals surface area (Å²) < 4.78 is 32.1. The van der Waals surface area contributed by atoms with E-state index < -0.39 is 10.0 Å². The van der Waals surface area contributed by atoms with Crippen molar-refractivity contribution in [3.63, 3.8) is 0 Å². The Morgan fingerprint density at radius 2 is 1.89 bits per heavy atom. The number of nitrogens with zero attached hydrogens (tertiary/aromatic N) is 2. The maximum Gasteiger partial charge on any atom is 0.243 e. The smallest absolute Gasteiger partial charge is 0.243 e. The highest BCUT2D eigenvalue weighted by molar-refractivity contribution is 7.89. The molecule has 1 fully saturated rings. The zero-order valence-electron chi connectivity index (χ0n) is 16.2. The largest absolute Gasteiger partial charge is 0.469 e. The molecule has 7 nitrogen and oxygen atoms in total. The molecule has 0 spiro atoms. The van der Waals surface area contributed by atoms with Crippen LogP contribution >= 0.6 is 0 Å². The molecule has 1 saturated heterocycles. The van der Waals surface area contributed by atoms with Gasteiger partial charge >= 0.3 is 0 Å². The van der Waals surface area contributed by atoms with Crippen molar-refractivity contribution in [3.05, 3.63) is 54.0 Å². The van der Waals surface area contributed by atoms with E-state index in [0.29, 0.717) is 31.1 Å². The summed E-state index contributed by atoms with van der Waals surface area (Å²) in [6.45, 7) is 5.20. The number of nitrogens with one attached hydrogen (secondary N) is 2. The molecule has 2 N–H and O–H groups in total. The average molecular weight is 405 g/mol. The lowest BCUT2D eigenvalue weighted by atomic mass is 10.2. The van der Waals surface area contributed by atoms with Crippen LogP contribution in [0.2, 0.25) is 0 Å². The van der Waals surface area contributed by atoms with E-state index in [2.05, 4.69) is 15.6 Å². The summed E-state index contributed by atoms with van der Waals surface area (Å²) in [5.41, 5.74) is 0.962. The lowest BCUT2D eigenvalue weighted by Crippen LogP contribution is -2.38. The zero-order valence-corrected chi connectivity index (χ0v) is 17.0. The van der Waals surface area contributed by atoms with E-state index in [9.17, 15) is 8.42 Å². The maximum absolute atomic E-state index is 12.6. The Morgan fingerprint density at radius 3 is 2.54 bits per heavy atom. The molecule has 1 aromatic carbocycles. The topological polar surface area (TPSA) is 86.9 Å². The van der Waals surface area contributed by atoms with E-state index >= 15 is 0 Å². The van der Waals surface area contributed by atoms with Gasteiger partial charge in [-0.2, -0.15) is 4.31 Å². The van der Waals surface area contributed by atoms with Crippen LogP contribution in [-0.4, -0.2) is 44.9 Å². The SMILES string of the molecule is CCNC(=NCc1ccc(S(=O)(=O)N2CCCC2)cc1)NCCc1ccco1. The first-order valence-electron chi connectivity index (χ1n) is 9.73. The van der Waals surface area contributed by atoms with Gasteiger partial charge < -0.3 is 15.1 Å². The van der Waals surface area contributed by atoms with Crippen LogP contribution in [0.1, 0.15) is 31.1 Å². The van der Waals surface area contributed by atoms with Gasteiger partial charge in [-0.15, -0.1) is 0 Å². The minimum Gasteiger partial charge on any atom is -0.469 e. The molecule has 0 unspecified atom stereocenters. The normalized spacial score (nSPS) is 15.7. The van der Waals surface area contributed by atoms with E-state index in [0.717, 1.165) is 43.1 Å². The van der Waals surface area contributed by atoms with E-state index in [-0.39, 0.29) is 0 Å². The molecular weight excluding hydrogens is 376 g/mol. The Balaban J connectivity index is 1.57. The van der Waals surface area contributed by atoms with Crippen LogP contribution in [0.15, 0.2) is 57.0 Å². The first kappa shape index (κ1) is 20.4. The summed E-state index contributed by atoms with van der Waals surface area (Å²) in [6, 6.07) is 10.8. The Bertz CT molecular complexity index is 855. The summed E-state index contributed by atoms with van der Waals surface area (Å²) in [5, 5.41) is 6.49. The number of furan rings is 1. The van der Waals surface area contributed by atoms with Crippen LogP contribution in [0.4, 0.5) is 0 Å². The molecule has 1 aromatic heterocycles. The second kappa shape index (κ2) is 9.75. The molecule has 0 saturated carbocycles. The highest BCUT2D eigenvalue weighted by Gasteiger charge is 2.26. The third-order valence-electron chi connectivity index (χ3n) is 4.63. The fourth-order valence-corrected chi connectivity index (χ4v) is 4.63. The number of rotatable bonds is 8. The quantitative estimate of drug-likeness (QED) is 0.521. The summed E-state index contributed by atoms with van der Waals surface area (Å²) in [4.78, 5) is 4.93. The third kappa shape index (κ3) is 5.36. The number of hydrogen-bond donors (Lipinski definition) is 2. The molecule has 152 valence electrons. The molecule has 1 aliphatic heterocycles. The number of sulfonamides is 1. The predicted octanol–water partition coefficient (Wildman–Crippen LogP) is 2.36. The van der Waals surface area contributed by atoms with Crippen molar-refractivity contribution in [2.45, 2.75) is 37.6 Å². The molecule has 3 rings (SSSR count). The van der Waals surface area contributed by atoms with Crippen LogP contribution in [-0.2, 0) is 23.0 Å². The van der Waals surface area contributed by atoms with Crippen molar-refractivity contribution in [2.75, 3.05) is 26.2 Å². The maximum atomic E-state index is 12.6. The first-order valence-corrected chi connectivity index (χ1v) is 11.2. The van der Waals surface area contributed by atoms with Gasteiger partial charge in [0.2, 0.25) is 10.0 Å². The van der Waals surface area contributed by atoms with Crippen LogP contribution < -0.4 is 10.6 Å². The van der Waals surface area contributed by atoms with Crippen LogP contribution in [0.5, 0.6) is 0 Å². The van der Waals surface area contributed by atoms with Gasteiger partial charge in [0, 0.05) is 32.6 Å². The highest BCUT2D eigenvalue weighted by Crippen LogP contribution is 2.21. The fraction of sp³-hybridized carbons (Fsp3) is 0.450. The van der Waals surface area contributed by atoms with Gasteiger partial charge in [-0.3, -0.25) is 0 Å². The molecule has 0 amide bonds. The van der Waals surface area contributed by atoms with Crippen molar-refractivity contribution in [1.29, 1.82) is 0 Å². The van der Waals surface area contributed by atoms with Gasteiger partial charge in [-0.1, -0.05) is 12.1 Å². The van der Waals surface area contributed by atoms with Gasteiger partial charge in [0.1, 0.15) is 5.76 Å². The number of aliphatic imine (C=N–C) groups is 1. The summed E-state index contributed by atoms with van der Waals surface area (Å²) in [7, 11) is -3.36. The van der Waals surface area contributed by atoms with Crippen LogP contribution in [0.25, 0.3) is 0 Å². The standard InChI is InChI=1S/C20H28N4O3S/c1-2-21-20(22-12-11-18-6-5-15-27-18)23-16-17-7-9-19(10-8-17)28(25,26)24-13-3-4-14-24/h5-10,15H,2-4,11-14,16H2,1H3,(H2,21,22,23). The fourth-order valence-electron chi connectivity index (χ4n) is 3.12. The predicted molar refractivity (Wildman–Crippen MR) is 110 cm³/mol. The minimum absolute atomic E-state index is 0.352. The molecule has 2 heterocycles. The monoisotopic (exact) mass is 404 g/mol. The van der Waals surface area contributed by atoms with Crippen molar-refractivity contribution in [1.82, 2.24) is 14.9 Å². The van der Waals surface area contributed by atoms with Gasteiger partial charge in [0.05, 0.1) is 17.7 Å². The van der Waals surface area contributed by atoms with Crippen molar-refractivity contribution >= 4 is 16.0 Å². The van der Waals surface area contributed by atoms with E-state index in [1.165, 1.54) is 0 Å². The second-order valence-electron chi connectivity index (χ2n) is 6.71. The number of benzene rings is 1. The van der Waals surface area contributed by atoms with Crippen LogP contribution in [0, 0.1) is 0 Å². The number of guanidine groups is 1. The molecule has 1 aliphatic rings. The molecule has 8 heteroatoms. The molecule has 0 aliphatic carbocycles. The summed E-state index contributed by atoms with van der Waals surface area (Å²) in [6.07, 6.45) is 4.32. The molecule has 0 atom stereocenters. The summed E-state index contributed by atoms with van der Waals surface area (Å²) >= 11 is 0. The van der Waals surface area contributed by atoms with Gasteiger partial charge in [-0.05, 0) is 49.6 Å². The lowest BCUT2D eigenvalue weighted by molar-refractivity contribution is 0.477. The third-order valence-corrected chi connectivity index (χ3v) is 6.55. The van der Waals surface area contributed by atoms with E-state index in [1.54, 1.807) is 22.7 Å². The van der Waals surface area contributed by atoms with Crippen LogP contribution in [0.3, 0.4) is 0 Å². The van der Waals surface area contributed by atoms with E-state index in [4.69, 9.17) is 4.42 Å². The van der Waals surface area contributed by atoms with Crippen molar-refractivity contribution in [3.8, 4) is 0 Å². The minimum atomic E-state index is -3.36.